The molecular formula is C9H19NS. The minimum atomic E-state index is 0.735. The number of rotatable bonds is 2. The minimum absolute atomic E-state index is 0.735. The molecule has 0 aromatic carbocycles. The first-order chi connectivity index (χ1) is 5.24. The molecule has 1 heterocycles. The summed E-state index contributed by atoms with van der Waals surface area (Å²) in [6.45, 7) is 5.48. The normalized spacial score (nSPS) is 35.2. The van der Waals surface area contributed by atoms with Gasteiger partial charge in [0.05, 0.1) is 0 Å². The average molecular weight is 173 g/mol. The molecule has 3 unspecified atom stereocenters. The summed E-state index contributed by atoms with van der Waals surface area (Å²) in [6, 6.07) is 0. The molecule has 1 rings (SSSR count). The molecule has 1 aliphatic heterocycles. The minimum Gasteiger partial charge on any atom is -0.330 e. The Morgan fingerprint density at radius 2 is 2.36 bits per heavy atom. The van der Waals surface area contributed by atoms with Gasteiger partial charge in [0.1, 0.15) is 0 Å². The van der Waals surface area contributed by atoms with Crippen LogP contribution < -0.4 is 5.73 Å². The SMILES string of the molecule is CC1CC(C(C)CN)CCS1. The molecule has 0 spiro atoms. The Kier molecular flexibility index (Phi) is 3.73. The van der Waals surface area contributed by atoms with E-state index in [1.807, 2.05) is 0 Å². The van der Waals surface area contributed by atoms with Gasteiger partial charge in [-0.05, 0) is 37.0 Å². The number of hydrogen-bond acceptors (Lipinski definition) is 2. The Bertz CT molecular complexity index is 116. The topological polar surface area (TPSA) is 26.0 Å². The molecule has 0 bridgehead atoms. The zero-order chi connectivity index (χ0) is 8.27. The van der Waals surface area contributed by atoms with E-state index < -0.39 is 0 Å². The monoisotopic (exact) mass is 173 g/mol. The number of nitrogens with two attached hydrogens (primary N) is 1. The van der Waals surface area contributed by atoms with E-state index in [9.17, 15) is 0 Å². The van der Waals surface area contributed by atoms with Gasteiger partial charge in [0.15, 0.2) is 0 Å². The first kappa shape index (κ1) is 9.40. The van der Waals surface area contributed by atoms with Crippen LogP contribution >= 0.6 is 11.8 Å². The molecular weight excluding hydrogens is 154 g/mol. The molecule has 3 atom stereocenters. The van der Waals surface area contributed by atoms with E-state index in [1.54, 1.807) is 0 Å². The Hall–Kier alpha value is 0.310. The molecule has 66 valence electrons. The predicted molar refractivity (Wildman–Crippen MR) is 52.9 cm³/mol. The third-order valence-electron chi connectivity index (χ3n) is 2.70. The number of hydrogen-bond donors (Lipinski definition) is 1. The molecule has 11 heavy (non-hydrogen) atoms. The van der Waals surface area contributed by atoms with Crippen LogP contribution in [0.25, 0.3) is 0 Å². The van der Waals surface area contributed by atoms with Gasteiger partial charge in [-0.2, -0.15) is 11.8 Å². The van der Waals surface area contributed by atoms with Gasteiger partial charge < -0.3 is 5.73 Å². The van der Waals surface area contributed by atoms with Crippen molar-refractivity contribution in [2.75, 3.05) is 12.3 Å². The van der Waals surface area contributed by atoms with Crippen LogP contribution in [0, 0.1) is 11.8 Å². The summed E-state index contributed by atoms with van der Waals surface area (Å²) in [4.78, 5) is 0. The maximum Gasteiger partial charge on any atom is 0.00214 e. The molecule has 2 N–H and O–H groups in total. The average Bonchev–Trinajstić information content (AvgIpc) is 2.03. The first-order valence-electron chi connectivity index (χ1n) is 4.55. The first-order valence-corrected chi connectivity index (χ1v) is 5.60. The maximum atomic E-state index is 5.64. The van der Waals surface area contributed by atoms with Gasteiger partial charge in [-0.1, -0.05) is 13.8 Å². The molecule has 1 aliphatic rings. The van der Waals surface area contributed by atoms with Crippen molar-refractivity contribution >= 4 is 11.8 Å². The van der Waals surface area contributed by atoms with E-state index in [0.29, 0.717) is 0 Å². The lowest BCUT2D eigenvalue weighted by Crippen LogP contribution is -2.26. The summed E-state index contributed by atoms with van der Waals surface area (Å²) in [6.07, 6.45) is 2.76. The van der Waals surface area contributed by atoms with Crippen LogP contribution in [-0.2, 0) is 0 Å². The van der Waals surface area contributed by atoms with E-state index in [0.717, 1.165) is 23.6 Å². The second-order valence-electron chi connectivity index (χ2n) is 3.68. The highest BCUT2D eigenvalue weighted by atomic mass is 32.2. The molecule has 0 saturated carbocycles. The van der Waals surface area contributed by atoms with Gasteiger partial charge in [-0.25, -0.2) is 0 Å². The third-order valence-corrected chi connectivity index (χ3v) is 3.94. The fourth-order valence-electron chi connectivity index (χ4n) is 1.74. The Labute approximate surface area is 74.1 Å². The third kappa shape index (κ3) is 2.68. The van der Waals surface area contributed by atoms with Gasteiger partial charge in [0.2, 0.25) is 0 Å². The van der Waals surface area contributed by atoms with Crippen molar-refractivity contribution in [1.29, 1.82) is 0 Å². The van der Waals surface area contributed by atoms with Crippen LogP contribution in [0.1, 0.15) is 26.7 Å². The summed E-state index contributed by atoms with van der Waals surface area (Å²) in [5, 5.41) is 0.864. The highest BCUT2D eigenvalue weighted by Crippen LogP contribution is 2.33. The van der Waals surface area contributed by atoms with Crippen molar-refractivity contribution in [2.45, 2.75) is 31.9 Å². The molecule has 2 heteroatoms. The van der Waals surface area contributed by atoms with Crippen molar-refractivity contribution in [1.82, 2.24) is 0 Å². The van der Waals surface area contributed by atoms with Gasteiger partial charge in [0.25, 0.3) is 0 Å². The lowest BCUT2D eigenvalue weighted by atomic mass is 9.87. The van der Waals surface area contributed by atoms with Crippen LogP contribution in [0.4, 0.5) is 0 Å². The predicted octanol–water partition coefficient (Wildman–Crippen LogP) is 2.11. The highest BCUT2D eigenvalue weighted by molar-refractivity contribution is 7.99. The van der Waals surface area contributed by atoms with Crippen molar-refractivity contribution in [3.63, 3.8) is 0 Å². The Morgan fingerprint density at radius 3 is 2.91 bits per heavy atom. The molecule has 1 fully saturated rings. The summed E-state index contributed by atoms with van der Waals surface area (Å²) < 4.78 is 0. The summed E-state index contributed by atoms with van der Waals surface area (Å²) in [5.41, 5.74) is 5.64. The molecule has 1 nitrogen and oxygen atoms in total. The van der Waals surface area contributed by atoms with Gasteiger partial charge in [0, 0.05) is 5.25 Å². The second-order valence-corrected chi connectivity index (χ2v) is 5.23. The van der Waals surface area contributed by atoms with E-state index >= 15 is 0 Å². The van der Waals surface area contributed by atoms with Crippen LogP contribution in [0.5, 0.6) is 0 Å². The van der Waals surface area contributed by atoms with Crippen molar-refractivity contribution < 1.29 is 0 Å². The van der Waals surface area contributed by atoms with Crippen molar-refractivity contribution in [3.8, 4) is 0 Å². The summed E-state index contributed by atoms with van der Waals surface area (Å²) in [5.74, 6) is 2.98. The van der Waals surface area contributed by atoms with Crippen molar-refractivity contribution in [3.05, 3.63) is 0 Å². The zero-order valence-corrected chi connectivity index (χ0v) is 8.36. The quantitative estimate of drug-likeness (QED) is 0.692. The van der Waals surface area contributed by atoms with Gasteiger partial charge >= 0.3 is 0 Å². The van der Waals surface area contributed by atoms with Gasteiger partial charge in [-0.3, -0.25) is 0 Å². The largest absolute Gasteiger partial charge is 0.330 e. The lowest BCUT2D eigenvalue weighted by molar-refractivity contribution is 0.328. The van der Waals surface area contributed by atoms with Crippen LogP contribution in [0.2, 0.25) is 0 Å². The lowest BCUT2D eigenvalue weighted by Gasteiger charge is -2.30. The molecule has 0 aromatic rings. The van der Waals surface area contributed by atoms with Crippen molar-refractivity contribution in [2.24, 2.45) is 17.6 Å². The Morgan fingerprint density at radius 1 is 1.64 bits per heavy atom. The Balaban J connectivity index is 2.33. The number of thioether (sulfide) groups is 1. The van der Waals surface area contributed by atoms with E-state index in [2.05, 4.69) is 25.6 Å². The summed E-state index contributed by atoms with van der Waals surface area (Å²) in [7, 11) is 0. The fourth-order valence-corrected chi connectivity index (χ4v) is 2.97. The van der Waals surface area contributed by atoms with Gasteiger partial charge in [-0.15, -0.1) is 0 Å². The molecule has 0 amide bonds. The zero-order valence-electron chi connectivity index (χ0n) is 7.55. The van der Waals surface area contributed by atoms with Crippen LogP contribution in [0.15, 0.2) is 0 Å². The van der Waals surface area contributed by atoms with Crippen LogP contribution in [0.3, 0.4) is 0 Å². The van der Waals surface area contributed by atoms with E-state index in [-0.39, 0.29) is 0 Å². The molecule has 0 aromatic heterocycles. The molecule has 0 radical (unpaired) electrons. The molecule has 1 saturated heterocycles. The van der Waals surface area contributed by atoms with E-state index in [4.69, 9.17) is 5.73 Å². The highest BCUT2D eigenvalue weighted by Gasteiger charge is 2.22. The second kappa shape index (κ2) is 4.36. The molecule has 0 aliphatic carbocycles. The maximum absolute atomic E-state index is 5.64. The van der Waals surface area contributed by atoms with E-state index in [1.165, 1.54) is 18.6 Å². The fraction of sp³-hybridized carbons (Fsp3) is 1.00. The standard InChI is InChI=1S/C9H19NS/c1-7(6-10)9-3-4-11-8(2)5-9/h7-9H,3-6,10H2,1-2H3. The smallest absolute Gasteiger partial charge is 0.00214 e. The summed E-state index contributed by atoms with van der Waals surface area (Å²) >= 11 is 2.11. The van der Waals surface area contributed by atoms with Crippen LogP contribution in [-0.4, -0.2) is 17.5 Å².